The number of hydrogen-bond acceptors (Lipinski definition) is 4. The van der Waals surface area contributed by atoms with Crippen molar-refractivity contribution in [1.82, 2.24) is 24.6 Å². The Kier molecular flexibility index (Phi) is 3.93. The van der Waals surface area contributed by atoms with Gasteiger partial charge in [0.05, 0.1) is 23.3 Å². The lowest BCUT2D eigenvalue weighted by atomic mass is 10.2. The molecule has 0 unspecified atom stereocenters. The maximum absolute atomic E-state index is 12.9. The molecule has 7 heteroatoms. The van der Waals surface area contributed by atoms with E-state index >= 15 is 0 Å². The molecule has 6 nitrogen and oxygen atoms in total. The Morgan fingerprint density at radius 1 is 1.50 bits per heavy atom. The highest BCUT2D eigenvalue weighted by atomic mass is 32.1. The zero-order valence-electron chi connectivity index (χ0n) is 13.5. The Morgan fingerprint density at radius 3 is 3.17 bits per heavy atom. The summed E-state index contributed by atoms with van der Waals surface area (Å²) in [6, 6.07) is 4.01. The maximum Gasteiger partial charge on any atom is 0.270 e. The van der Waals surface area contributed by atoms with Crippen molar-refractivity contribution < 1.29 is 4.79 Å². The highest BCUT2D eigenvalue weighted by Crippen LogP contribution is 2.25. The third-order valence-corrected chi connectivity index (χ3v) is 5.20. The fourth-order valence-corrected chi connectivity index (χ4v) is 3.86. The van der Waals surface area contributed by atoms with Crippen molar-refractivity contribution in [2.24, 2.45) is 0 Å². The molecular weight excluding hydrogens is 322 g/mol. The lowest BCUT2D eigenvalue weighted by Crippen LogP contribution is -2.38. The molecular formula is C17H19N5OS. The molecule has 3 aromatic rings. The summed E-state index contributed by atoms with van der Waals surface area (Å²) in [7, 11) is 0. The van der Waals surface area contributed by atoms with Crippen LogP contribution in [-0.2, 0) is 6.54 Å². The fourth-order valence-electron chi connectivity index (χ4n) is 3.23. The molecule has 1 aliphatic rings. The van der Waals surface area contributed by atoms with Gasteiger partial charge < -0.3 is 9.88 Å². The van der Waals surface area contributed by atoms with Crippen molar-refractivity contribution in [3.63, 3.8) is 0 Å². The molecule has 0 spiro atoms. The summed E-state index contributed by atoms with van der Waals surface area (Å²) in [5.41, 5.74) is 2.51. The zero-order chi connectivity index (χ0) is 16.5. The van der Waals surface area contributed by atoms with E-state index in [1.807, 2.05) is 46.4 Å². The molecule has 1 saturated heterocycles. The summed E-state index contributed by atoms with van der Waals surface area (Å²) in [5, 5.41) is 7.30. The summed E-state index contributed by atoms with van der Waals surface area (Å²) in [4.78, 5) is 22.4. The summed E-state index contributed by atoms with van der Waals surface area (Å²) < 4.78 is 1.90. The van der Waals surface area contributed by atoms with Crippen molar-refractivity contribution >= 4 is 17.2 Å². The van der Waals surface area contributed by atoms with Crippen molar-refractivity contribution in [1.29, 1.82) is 0 Å². The molecule has 0 bridgehead atoms. The van der Waals surface area contributed by atoms with Crippen LogP contribution in [0.5, 0.6) is 0 Å². The van der Waals surface area contributed by atoms with Gasteiger partial charge in [-0.2, -0.15) is 5.10 Å². The number of hydrogen-bond donors (Lipinski definition) is 1. The molecule has 0 radical (unpaired) electrons. The van der Waals surface area contributed by atoms with E-state index < -0.39 is 0 Å². The summed E-state index contributed by atoms with van der Waals surface area (Å²) in [6.07, 6.45) is 7.63. The first-order chi connectivity index (χ1) is 11.7. The first kappa shape index (κ1) is 15.1. The molecule has 24 heavy (non-hydrogen) atoms. The number of aromatic nitrogens is 4. The van der Waals surface area contributed by atoms with Crippen LogP contribution in [-0.4, -0.2) is 43.1 Å². The van der Waals surface area contributed by atoms with Crippen molar-refractivity contribution in [2.75, 3.05) is 6.54 Å². The van der Waals surface area contributed by atoms with E-state index in [-0.39, 0.29) is 11.9 Å². The summed E-state index contributed by atoms with van der Waals surface area (Å²) in [5.74, 6) is 0.0582. The Bertz CT molecular complexity index is 835. The largest absolute Gasteiger partial charge is 0.357 e. The van der Waals surface area contributed by atoms with Gasteiger partial charge >= 0.3 is 0 Å². The third-order valence-electron chi connectivity index (χ3n) is 4.42. The second-order valence-corrected chi connectivity index (χ2v) is 7.14. The number of aromatic amines is 1. The van der Waals surface area contributed by atoms with Crippen LogP contribution in [0.1, 0.15) is 28.3 Å². The van der Waals surface area contributed by atoms with Gasteiger partial charge in [0, 0.05) is 36.1 Å². The van der Waals surface area contributed by atoms with Crippen LogP contribution in [0.3, 0.4) is 0 Å². The van der Waals surface area contributed by atoms with Gasteiger partial charge in [-0.05, 0) is 31.9 Å². The number of carbonyl (C=O) groups excluding carboxylic acids is 1. The topological polar surface area (TPSA) is 66.8 Å². The molecule has 124 valence electrons. The lowest BCUT2D eigenvalue weighted by Gasteiger charge is -2.24. The molecule has 1 N–H and O–H groups in total. The minimum atomic E-state index is 0.0582. The van der Waals surface area contributed by atoms with Gasteiger partial charge in [-0.15, -0.1) is 11.3 Å². The number of carbonyl (C=O) groups is 1. The minimum absolute atomic E-state index is 0.0582. The molecule has 4 rings (SSSR count). The van der Waals surface area contributed by atoms with Crippen LogP contribution in [0.25, 0.3) is 11.3 Å². The molecule has 3 aromatic heterocycles. The third kappa shape index (κ3) is 2.87. The minimum Gasteiger partial charge on any atom is -0.357 e. The monoisotopic (exact) mass is 341 g/mol. The van der Waals surface area contributed by atoms with E-state index in [2.05, 4.69) is 15.1 Å². The van der Waals surface area contributed by atoms with Crippen LogP contribution < -0.4 is 0 Å². The number of aryl methyl sites for hydroxylation is 1. The quantitative estimate of drug-likeness (QED) is 0.793. The van der Waals surface area contributed by atoms with Crippen LogP contribution in [0.15, 0.2) is 36.1 Å². The van der Waals surface area contributed by atoms with Gasteiger partial charge in [0.1, 0.15) is 5.69 Å². The molecule has 1 amide bonds. The Morgan fingerprint density at radius 2 is 2.42 bits per heavy atom. The molecule has 1 fully saturated rings. The predicted molar refractivity (Wildman–Crippen MR) is 92.9 cm³/mol. The van der Waals surface area contributed by atoms with Gasteiger partial charge in [-0.1, -0.05) is 0 Å². The van der Waals surface area contributed by atoms with E-state index in [0.29, 0.717) is 5.69 Å². The number of rotatable bonds is 4. The SMILES string of the molecule is Cc1nc(-c2c[nH]c(C(=O)N3CCC[C@@H]3Cn3cccn3)c2)cs1. The van der Waals surface area contributed by atoms with Gasteiger partial charge in [0.15, 0.2) is 0 Å². The molecule has 1 aliphatic heterocycles. The number of nitrogens with one attached hydrogen (secondary N) is 1. The predicted octanol–water partition coefficient (Wildman–Crippen LogP) is 2.95. The number of thiazole rings is 1. The summed E-state index contributed by atoms with van der Waals surface area (Å²) >= 11 is 1.61. The van der Waals surface area contributed by atoms with Gasteiger partial charge in [-0.3, -0.25) is 9.48 Å². The average Bonchev–Trinajstić information content (AvgIpc) is 3.35. The average molecular weight is 341 g/mol. The van der Waals surface area contributed by atoms with Gasteiger partial charge in [-0.25, -0.2) is 4.98 Å². The normalized spacial score (nSPS) is 17.5. The lowest BCUT2D eigenvalue weighted by molar-refractivity contribution is 0.0716. The number of H-pyrrole nitrogens is 1. The highest BCUT2D eigenvalue weighted by molar-refractivity contribution is 7.09. The van der Waals surface area contributed by atoms with Crippen LogP contribution >= 0.6 is 11.3 Å². The van der Waals surface area contributed by atoms with Crippen molar-refractivity contribution in [3.8, 4) is 11.3 Å². The zero-order valence-corrected chi connectivity index (χ0v) is 14.3. The molecule has 0 saturated carbocycles. The van der Waals surface area contributed by atoms with Crippen molar-refractivity contribution in [2.45, 2.75) is 32.4 Å². The van der Waals surface area contributed by atoms with E-state index in [1.54, 1.807) is 17.5 Å². The molecule has 1 atom stereocenters. The van der Waals surface area contributed by atoms with Gasteiger partial charge in [0.25, 0.3) is 5.91 Å². The number of amides is 1. The summed E-state index contributed by atoms with van der Waals surface area (Å²) in [6.45, 7) is 3.53. The Labute approximate surface area is 144 Å². The first-order valence-electron chi connectivity index (χ1n) is 8.10. The smallest absolute Gasteiger partial charge is 0.270 e. The maximum atomic E-state index is 12.9. The molecule has 0 aromatic carbocycles. The van der Waals surface area contributed by atoms with E-state index in [9.17, 15) is 4.79 Å². The standard InChI is InChI=1S/C17H19N5OS/c1-12-20-16(11-24-12)13-8-15(18-9-13)17(23)22-7-2-4-14(22)10-21-6-3-5-19-21/h3,5-6,8-9,11,14,18H,2,4,7,10H2,1H3/t14-/m1/s1. The molecule has 0 aliphatic carbocycles. The van der Waals surface area contributed by atoms with E-state index in [1.165, 1.54) is 0 Å². The van der Waals surface area contributed by atoms with Crippen molar-refractivity contribution in [3.05, 3.63) is 46.8 Å². The second kappa shape index (κ2) is 6.24. The second-order valence-electron chi connectivity index (χ2n) is 6.08. The number of likely N-dealkylation sites (tertiary alicyclic amines) is 1. The first-order valence-corrected chi connectivity index (χ1v) is 8.98. The van der Waals surface area contributed by atoms with Crippen LogP contribution in [0.2, 0.25) is 0 Å². The molecule has 4 heterocycles. The van der Waals surface area contributed by atoms with E-state index in [0.717, 1.165) is 42.2 Å². The Hall–Kier alpha value is -2.41. The van der Waals surface area contributed by atoms with Crippen LogP contribution in [0, 0.1) is 6.92 Å². The number of nitrogens with zero attached hydrogens (tertiary/aromatic N) is 4. The Balaban J connectivity index is 1.51. The van der Waals surface area contributed by atoms with E-state index in [4.69, 9.17) is 0 Å². The van der Waals surface area contributed by atoms with Gasteiger partial charge in [0.2, 0.25) is 0 Å². The highest BCUT2D eigenvalue weighted by Gasteiger charge is 2.30. The fraction of sp³-hybridized carbons (Fsp3) is 0.353. The van der Waals surface area contributed by atoms with Crippen LogP contribution in [0.4, 0.5) is 0 Å².